The molecule has 2 aliphatic heterocycles. The molecular formula is C25H34ClN3OS. The van der Waals surface area contributed by atoms with Crippen LogP contribution in [-0.2, 0) is 4.79 Å². The van der Waals surface area contributed by atoms with E-state index in [-0.39, 0.29) is 11.3 Å². The van der Waals surface area contributed by atoms with Crippen molar-refractivity contribution in [3.8, 4) is 0 Å². The van der Waals surface area contributed by atoms with Gasteiger partial charge in [0.05, 0.1) is 0 Å². The van der Waals surface area contributed by atoms with Crippen LogP contribution in [0.4, 0.5) is 0 Å². The number of carbonyl (C=O) groups is 1. The molecule has 168 valence electrons. The minimum absolute atomic E-state index is 0.215. The van der Waals surface area contributed by atoms with Gasteiger partial charge in [-0.3, -0.25) is 4.79 Å². The van der Waals surface area contributed by atoms with Gasteiger partial charge >= 0.3 is 0 Å². The van der Waals surface area contributed by atoms with Gasteiger partial charge in [0.15, 0.2) is 0 Å². The van der Waals surface area contributed by atoms with Gasteiger partial charge < -0.3 is 14.9 Å². The van der Waals surface area contributed by atoms with Crippen molar-refractivity contribution in [2.45, 2.75) is 39.0 Å². The minimum atomic E-state index is 0.215. The zero-order valence-electron chi connectivity index (χ0n) is 18.6. The SMILES string of the molecule is CSN1CC2(CCN(C(=O)CCN)CC2)C2=C/CC=CC/C=C\21.Cc1ccc(Cl)cc1. The van der Waals surface area contributed by atoms with Crippen LogP contribution in [0.1, 0.15) is 37.7 Å². The third kappa shape index (κ3) is 5.97. The van der Waals surface area contributed by atoms with Crippen molar-refractivity contribution in [3.63, 3.8) is 0 Å². The van der Waals surface area contributed by atoms with E-state index in [1.54, 1.807) is 0 Å². The number of rotatable bonds is 3. The number of carbonyl (C=O) groups excluding carboxylic acids is 1. The van der Waals surface area contributed by atoms with E-state index >= 15 is 0 Å². The maximum absolute atomic E-state index is 12.1. The highest BCUT2D eigenvalue weighted by Gasteiger charge is 2.47. The number of piperidine rings is 1. The van der Waals surface area contributed by atoms with Crippen LogP contribution >= 0.6 is 23.5 Å². The van der Waals surface area contributed by atoms with Crippen LogP contribution in [0.15, 0.2) is 59.8 Å². The minimum Gasteiger partial charge on any atom is -0.343 e. The molecule has 1 amide bonds. The van der Waals surface area contributed by atoms with E-state index in [9.17, 15) is 4.79 Å². The van der Waals surface area contributed by atoms with Crippen molar-refractivity contribution < 1.29 is 4.79 Å². The first-order chi connectivity index (χ1) is 15.0. The van der Waals surface area contributed by atoms with Gasteiger partial charge in [-0.1, -0.05) is 65.5 Å². The molecule has 1 spiro atoms. The van der Waals surface area contributed by atoms with Crippen molar-refractivity contribution >= 4 is 29.5 Å². The Morgan fingerprint density at radius 2 is 1.77 bits per heavy atom. The Kier molecular flexibility index (Phi) is 8.70. The molecule has 0 radical (unpaired) electrons. The van der Waals surface area contributed by atoms with Gasteiger partial charge in [-0.25, -0.2) is 0 Å². The molecule has 4 nitrogen and oxygen atoms in total. The first-order valence-corrected chi connectivity index (χ1v) is 12.6. The fraction of sp³-hybridized carbons (Fsp3) is 0.480. The molecule has 2 fully saturated rings. The highest BCUT2D eigenvalue weighted by Crippen LogP contribution is 2.51. The van der Waals surface area contributed by atoms with Gasteiger partial charge in [0.2, 0.25) is 5.91 Å². The fourth-order valence-corrected chi connectivity index (χ4v) is 5.40. The Labute approximate surface area is 196 Å². The predicted octanol–water partition coefficient (Wildman–Crippen LogP) is 5.35. The molecule has 0 aromatic heterocycles. The molecule has 1 aromatic rings. The van der Waals surface area contributed by atoms with E-state index in [0.29, 0.717) is 13.0 Å². The molecule has 0 unspecified atom stereocenters. The molecule has 1 aliphatic carbocycles. The molecule has 2 N–H and O–H groups in total. The van der Waals surface area contributed by atoms with E-state index in [2.05, 4.69) is 34.9 Å². The summed E-state index contributed by atoms with van der Waals surface area (Å²) < 4.78 is 2.45. The summed E-state index contributed by atoms with van der Waals surface area (Å²) in [7, 11) is 0. The summed E-state index contributed by atoms with van der Waals surface area (Å²) in [4.78, 5) is 14.1. The van der Waals surface area contributed by atoms with Crippen LogP contribution in [0.2, 0.25) is 5.02 Å². The van der Waals surface area contributed by atoms with Gasteiger partial charge in [0, 0.05) is 55.0 Å². The molecule has 0 saturated carbocycles. The van der Waals surface area contributed by atoms with E-state index < -0.39 is 0 Å². The average molecular weight is 460 g/mol. The Hall–Kier alpha value is -1.69. The number of nitrogens with two attached hydrogens (primary N) is 1. The lowest BCUT2D eigenvalue weighted by Crippen LogP contribution is -2.45. The molecule has 31 heavy (non-hydrogen) atoms. The normalized spacial score (nSPS) is 23.0. The highest BCUT2D eigenvalue weighted by molar-refractivity contribution is 7.96. The van der Waals surface area contributed by atoms with E-state index in [0.717, 1.165) is 50.3 Å². The van der Waals surface area contributed by atoms with Crippen molar-refractivity contribution in [3.05, 3.63) is 70.4 Å². The van der Waals surface area contributed by atoms with Crippen LogP contribution < -0.4 is 5.73 Å². The Balaban J connectivity index is 0.000000287. The highest BCUT2D eigenvalue weighted by atomic mass is 35.5. The largest absolute Gasteiger partial charge is 0.343 e. The second kappa shape index (κ2) is 11.3. The number of fused-ring (bicyclic) bond motifs is 2. The van der Waals surface area contributed by atoms with Crippen LogP contribution in [-0.4, -0.2) is 47.5 Å². The maximum atomic E-state index is 12.1. The Morgan fingerprint density at radius 1 is 1.13 bits per heavy atom. The lowest BCUT2D eigenvalue weighted by Gasteiger charge is -2.40. The standard InChI is InChI=1S/C18H27N3OS.C7H7Cl/c1-23-21-14-18(15-6-4-2-3-5-7-16(15)21)9-12-20(13-10-18)17(22)8-11-19;1-6-2-4-7(8)5-3-6/h2-3,6-7H,4-5,8-14,19H2,1H3;2-5H,1H3/b3-2?,15-6+,16-7+;. The number of allylic oxidation sites excluding steroid dienone is 5. The van der Waals surface area contributed by atoms with Crippen LogP contribution in [0.3, 0.4) is 0 Å². The van der Waals surface area contributed by atoms with Gasteiger partial charge in [-0.15, -0.1) is 0 Å². The van der Waals surface area contributed by atoms with Crippen LogP contribution in [0, 0.1) is 12.3 Å². The second-order valence-corrected chi connectivity index (χ2v) is 9.61. The summed E-state index contributed by atoms with van der Waals surface area (Å²) >= 11 is 7.43. The van der Waals surface area contributed by atoms with Gasteiger partial charge in [0.25, 0.3) is 0 Å². The number of amides is 1. The maximum Gasteiger partial charge on any atom is 0.223 e. The molecule has 2 saturated heterocycles. The zero-order chi connectivity index (χ0) is 22.3. The number of hydrogen-bond donors (Lipinski definition) is 1. The molecule has 3 aliphatic rings. The predicted molar refractivity (Wildman–Crippen MR) is 133 cm³/mol. The molecule has 4 rings (SSSR count). The Morgan fingerprint density at radius 3 is 2.35 bits per heavy atom. The van der Waals surface area contributed by atoms with E-state index in [1.165, 1.54) is 16.8 Å². The molecule has 1 aromatic carbocycles. The summed E-state index contributed by atoms with van der Waals surface area (Å²) in [6, 6.07) is 7.75. The van der Waals surface area contributed by atoms with E-state index in [4.69, 9.17) is 17.3 Å². The molecular weight excluding hydrogens is 426 g/mol. The average Bonchev–Trinajstić information content (AvgIpc) is 3.02. The fourth-order valence-electron chi connectivity index (χ4n) is 4.53. The van der Waals surface area contributed by atoms with Crippen molar-refractivity contribution in [1.29, 1.82) is 0 Å². The zero-order valence-corrected chi connectivity index (χ0v) is 20.2. The number of halogens is 1. The Bertz CT molecular complexity index is 818. The van der Waals surface area contributed by atoms with Gasteiger partial charge in [-0.2, -0.15) is 0 Å². The number of aryl methyl sites for hydroxylation is 1. The van der Waals surface area contributed by atoms with Crippen molar-refractivity contribution in [2.75, 3.05) is 32.4 Å². The number of nitrogens with zero attached hydrogens (tertiary/aromatic N) is 2. The third-order valence-corrected chi connectivity index (χ3v) is 7.32. The van der Waals surface area contributed by atoms with Crippen LogP contribution in [0.25, 0.3) is 0 Å². The van der Waals surface area contributed by atoms with Gasteiger partial charge in [0.1, 0.15) is 0 Å². The van der Waals surface area contributed by atoms with Crippen molar-refractivity contribution in [2.24, 2.45) is 11.1 Å². The van der Waals surface area contributed by atoms with Crippen molar-refractivity contribution in [1.82, 2.24) is 9.21 Å². The molecule has 0 bridgehead atoms. The topological polar surface area (TPSA) is 49.6 Å². The van der Waals surface area contributed by atoms with E-state index in [1.807, 2.05) is 48.0 Å². The smallest absolute Gasteiger partial charge is 0.223 e. The first-order valence-electron chi connectivity index (χ1n) is 11.1. The summed E-state index contributed by atoms with van der Waals surface area (Å²) in [6.45, 7) is 5.29. The summed E-state index contributed by atoms with van der Waals surface area (Å²) in [5.41, 5.74) is 9.92. The van der Waals surface area contributed by atoms with Crippen LogP contribution in [0.5, 0.6) is 0 Å². The summed E-state index contributed by atoms with van der Waals surface area (Å²) in [6.07, 6.45) is 16.1. The summed E-state index contributed by atoms with van der Waals surface area (Å²) in [5.74, 6) is 0.215. The molecule has 2 heterocycles. The van der Waals surface area contributed by atoms with Gasteiger partial charge in [-0.05, 0) is 50.3 Å². The number of likely N-dealkylation sites (tertiary alicyclic amines) is 1. The second-order valence-electron chi connectivity index (χ2n) is 8.36. The third-order valence-electron chi connectivity index (χ3n) is 6.30. The molecule has 6 heteroatoms. The summed E-state index contributed by atoms with van der Waals surface area (Å²) in [5, 5.41) is 0.801. The number of hydrogen-bond acceptors (Lipinski definition) is 4. The molecule has 0 atom stereocenters. The lowest BCUT2D eigenvalue weighted by molar-refractivity contribution is -0.132. The monoisotopic (exact) mass is 459 g/mol. The first kappa shape index (κ1) is 24.0. The quantitative estimate of drug-likeness (QED) is 0.489. The number of benzene rings is 1. The lowest BCUT2D eigenvalue weighted by atomic mass is 9.73.